The van der Waals surface area contributed by atoms with Crippen molar-refractivity contribution in [3.05, 3.63) is 54.3 Å². The van der Waals surface area contributed by atoms with Crippen molar-refractivity contribution in [2.75, 3.05) is 39.4 Å². The molecule has 1 aliphatic rings. The number of ether oxygens (including phenoxy) is 2. The Morgan fingerprint density at radius 2 is 1.57 bits per heavy atom. The van der Waals surface area contributed by atoms with Gasteiger partial charge in [0.05, 0.1) is 6.61 Å². The van der Waals surface area contributed by atoms with E-state index in [-0.39, 0.29) is 43.6 Å². The van der Waals surface area contributed by atoms with Crippen LogP contribution < -0.4 is 9.47 Å². The van der Waals surface area contributed by atoms with Crippen LogP contribution in [0.2, 0.25) is 0 Å². The van der Waals surface area contributed by atoms with Crippen molar-refractivity contribution in [3.8, 4) is 11.5 Å². The monoisotopic (exact) mass is 436 g/mol. The van der Waals surface area contributed by atoms with Crippen LogP contribution in [0.5, 0.6) is 11.5 Å². The topological polar surface area (TPSA) is 76.2 Å². The van der Waals surface area contributed by atoms with Gasteiger partial charge in [-0.15, -0.1) is 0 Å². The van der Waals surface area contributed by atoms with Crippen molar-refractivity contribution in [2.24, 2.45) is 0 Å². The fraction of sp³-hybridized carbons (Fsp3) is 0.381. The van der Waals surface area contributed by atoms with Crippen LogP contribution in [0.25, 0.3) is 0 Å². The first-order valence-electron chi connectivity index (χ1n) is 9.80. The Hall–Kier alpha value is -2.65. The minimum absolute atomic E-state index is 0.0958. The first kappa shape index (κ1) is 22.0. The second-order valence-corrected chi connectivity index (χ2v) is 8.71. The molecule has 0 saturated carbocycles. The number of halogens is 1. The first-order valence-corrected chi connectivity index (χ1v) is 11.2. The third-order valence-corrected chi connectivity index (χ3v) is 6.64. The summed E-state index contributed by atoms with van der Waals surface area (Å²) in [5.74, 6) is 0.0321. The summed E-state index contributed by atoms with van der Waals surface area (Å²) in [5.41, 5.74) is 0. The molecule has 0 unspecified atom stereocenters. The maximum atomic E-state index is 13.9. The summed E-state index contributed by atoms with van der Waals surface area (Å²) in [4.78, 5) is 13.7. The predicted molar refractivity (Wildman–Crippen MR) is 109 cm³/mol. The molecule has 3 rings (SSSR count). The molecule has 30 heavy (non-hydrogen) atoms. The van der Waals surface area contributed by atoms with Crippen LogP contribution in [0.15, 0.2) is 53.4 Å². The van der Waals surface area contributed by atoms with E-state index >= 15 is 0 Å². The Bertz CT molecular complexity index is 975. The summed E-state index contributed by atoms with van der Waals surface area (Å²) >= 11 is 0. The number of hydrogen-bond donors (Lipinski definition) is 0. The van der Waals surface area contributed by atoms with E-state index in [0.29, 0.717) is 18.1 Å². The maximum Gasteiger partial charge on any atom is 0.260 e. The molecule has 1 aliphatic heterocycles. The molecule has 0 radical (unpaired) electrons. The van der Waals surface area contributed by atoms with E-state index in [2.05, 4.69) is 0 Å². The summed E-state index contributed by atoms with van der Waals surface area (Å²) in [6, 6.07) is 12.4. The highest BCUT2D eigenvalue weighted by Gasteiger charge is 2.31. The smallest absolute Gasteiger partial charge is 0.260 e. The SMILES string of the molecule is CCCOc1ccccc1OCC(=O)N1CCN(S(=O)(=O)c2ccccc2F)CC1. The van der Waals surface area contributed by atoms with Gasteiger partial charge >= 0.3 is 0 Å². The Morgan fingerprint density at radius 3 is 2.20 bits per heavy atom. The van der Waals surface area contributed by atoms with E-state index in [0.717, 1.165) is 12.5 Å². The summed E-state index contributed by atoms with van der Waals surface area (Å²) in [5, 5.41) is 0. The minimum atomic E-state index is -3.94. The van der Waals surface area contributed by atoms with Crippen LogP contribution in [-0.4, -0.2) is 62.9 Å². The van der Waals surface area contributed by atoms with Crippen molar-refractivity contribution in [1.82, 2.24) is 9.21 Å². The molecular weight excluding hydrogens is 411 g/mol. The molecule has 0 spiro atoms. The zero-order chi connectivity index (χ0) is 21.6. The third-order valence-electron chi connectivity index (χ3n) is 4.71. The molecule has 0 aliphatic carbocycles. The van der Waals surface area contributed by atoms with Crippen molar-refractivity contribution in [2.45, 2.75) is 18.2 Å². The summed E-state index contributed by atoms with van der Waals surface area (Å²) in [7, 11) is -3.94. The minimum Gasteiger partial charge on any atom is -0.490 e. The molecule has 1 saturated heterocycles. The fourth-order valence-corrected chi connectivity index (χ4v) is 4.59. The van der Waals surface area contributed by atoms with Crippen molar-refractivity contribution in [3.63, 3.8) is 0 Å². The highest BCUT2D eigenvalue weighted by atomic mass is 32.2. The van der Waals surface area contributed by atoms with E-state index in [1.165, 1.54) is 22.5 Å². The lowest BCUT2D eigenvalue weighted by Crippen LogP contribution is -2.51. The number of amides is 1. The Morgan fingerprint density at radius 1 is 0.967 bits per heavy atom. The zero-order valence-electron chi connectivity index (χ0n) is 16.8. The van der Waals surface area contributed by atoms with Crippen molar-refractivity contribution >= 4 is 15.9 Å². The van der Waals surface area contributed by atoms with Gasteiger partial charge in [0.2, 0.25) is 10.0 Å². The maximum absolute atomic E-state index is 13.9. The van der Waals surface area contributed by atoms with Gasteiger partial charge in [-0.25, -0.2) is 12.8 Å². The second-order valence-electron chi connectivity index (χ2n) is 6.80. The van der Waals surface area contributed by atoms with Crippen LogP contribution in [0.4, 0.5) is 4.39 Å². The third kappa shape index (κ3) is 5.09. The lowest BCUT2D eigenvalue weighted by atomic mass is 10.3. The Kier molecular flexibility index (Phi) is 7.28. The Balaban J connectivity index is 1.56. The van der Waals surface area contributed by atoms with Gasteiger partial charge in [0.25, 0.3) is 5.91 Å². The van der Waals surface area contributed by atoms with Gasteiger partial charge in [-0.1, -0.05) is 31.2 Å². The van der Waals surface area contributed by atoms with Crippen LogP contribution in [0.1, 0.15) is 13.3 Å². The average Bonchev–Trinajstić information content (AvgIpc) is 2.77. The molecular formula is C21H25FN2O5S. The van der Waals surface area contributed by atoms with Crippen LogP contribution in [0, 0.1) is 5.82 Å². The molecule has 9 heteroatoms. The number of piperazine rings is 1. The van der Waals surface area contributed by atoms with Crippen LogP contribution >= 0.6 is 0 Å². The second kappa shape index (κ2) is 9.90. The standard InChI is InChI=1S/C21H25FN2O5S/c1-2-15-28-18-8-4-5-9-19(18)29-16-21(25)23-11-13-24(14-12-23)30(26,27)20-10-6-3-7-17(20)22/h3-10H,2,11-16H2,1H3. The van der Waals surface area contributed by atoms with Gasteiger partial charge in [0.1, 0.15) is 10.7 Å². The number of nitrogens with zero attached hydrogens (tertiary/aromatic N) is 2. The van der Waals surface area contributed by atoms with Gasteiger partial charge in [0, 0.05) is 26.2 Å². The highest BCUT2D eigenvalue weighted by Crippen LogP contribution is 2.26. The summed E-state index contributed by atoms with van der Waals surface area (Å²) in [6.07, 6.45) is 0.854. The lowest BCUT2D eigenvalue weighted by Gasteiger charge is -2.34. The molecule has 2 aromatic carbocycles. The quantitative estimate of drug-likeness (QED) is 0.636. The number of hydrogen-bond acceptors (Lipinski definition) is 5. The van der Waals surface area contributed by atoms with Gasteiger partial charge in [-0.2, -0.15) is 4.31 Å². The number of rotatable bonds is 8. The van der Waals surface area contributed by atoms with E-state index in [4.69, 9.17) is 9.47 Å². The van der Waals surface area contributed by atoms with Crippen LogP contribution in [0.3, 0.4) is 0 Å². The molecule has 0 bridgehead atoms. The average molecular weight is 437 g/mol. The fourth-order valence-electron chi connectivity index (χ4n) is 3.10. The first-order chi connectivity index (χ1) is 14.4. The van der Waals surface area contributed by atoms with Gasteiger partial charge < -0.3 is 14.4 Å². The summed E-state index contributed by atoms with van der Waals surface area (Å²) < 4.78 is 51.7. The molecule has 162 valence electrons. The van der Waals surface area contributed by atoms with Gasteiger partial charge in [-0.05, 0) is 30.7 Å². The molecule has 0 atom stereocenters. The van der Waals surface area contributed by atoms with Gasteiger partial charge in [-0.3, -0.25) is 4.79 Å². The highest BCUT2D eigenvalue weighted by molar-refractivity contribution is 7.89. The number of carbonyl (C=O) groups is 1. The molecule has 0 aromatic heterocycles. The van der Waals surface area contributed by atoms with Crippen molar-refractivity contribution < 1.29 is 27.1 Å². The normalized spacial score (nSPS) is 15.1. The largest absolute Gasteiger partial charge is 0.490 e. The lowest BCUT2D eigenvalue weighted by molar-refractivity contribution is -0.134. The van der Waals surface area contributed by atoms with E-state index in [1.54, 1.807) is 23.1 Å². The molecule has 1 amide bonds. The van der Waals surface area contributed by atoms with E-state index < -0.39 is 15.8 Å². The molecule has 1 heterocycles. The number of para-hydroxylation sites is 2. The van der Waals surface area contributed by atoms with Gasteiger partial charge in [0.15, 0.2) is 18.1 Å². The molecule has 1 fully saturated rings. The molecule has 7 nitrogen and oxygen atoms in total. The molecule has 0 N–H and O–H groups in total. The number of sulfonamides is 1. The summed E-state index contributed by atoms with van der Waals surface area (Å²) in [6.45, 7) is 2.99. The zero-order valence-corrected chi connectivity index (χ0v) is 17.6. The van der Waals surface area contributed by atoms with E-state index in [1.807, 2.05) is 13.0 Å². The Labute approximate surface area is 176 Å². The van der Waals surface area contributed by atoms with Crippen molar-refractivity contribution in [1.29, 1.82) is 0 Å². The van der Waals surface area contributed by atoms with E-state index in [9.17, 15) is 17.6 Å². The number of benzene rings is 2. The van der Waals surface area contributed by atoms with Crippen LogP contribution in [-0.2, 0) is 14.8 Å². The molecule has 2 aromatic rings. The predicted octanol–water partition coefficient (Wildman–Crippen LogP) is 2.53. The number of carbonyl (C=O) groups excluding carboxylic acids is 1.